The molecule has 0 spiro atoms. The van der Waals surface area contributed by atoms with Gasteiger partial charge < -0.3 is 5.73 Å². The Balaban J connectivity index is 2.40. The largest absolute Gasteiger partial charge is 0.399 e. The van der Waals surface area contributed by atoms with Crippen LogP contribution in [0.2, 0.25) is 10.0 Å². The maximum atomic E-state index is 12.1. The Kier molecular flexibility index (Phi) is 3.36. The minimum atomic E-state index is -0.147. The van der Waals surface area contributed by atoms with Crippen molar-refractivity contribution in [3.8, 4) is 0 Å². The summed E-state index contributed by atoms with van der Waals surface area (Å²) in [7, 11) is 0. The van der Waals surface area contributed by atoms with Gasteiger partial charge in [-0.1, -0.05) is 23.2 Å². The van der Waals surface area contributed by atoms with Gasteiger partial charge >= 0.3 is 0 Å². The molecule has 2 aromatic carbocycles. The summed E-state index contributed by atoms with van der Waals surface area (Å²) in [6.07, 6.45) is 0. The Morgan fingerprint density at radius 2 is 1.65 bits per heavy atom. The van der Waals surface area contributed by atoms with Gasteiger partial charge in [0, 0.05) is 21.8 Å². The monoisotopic (exact) mass is 265 g/mol. The first-order valence-corrected chi connectivity index (χ1v) is 5.69. The fourth-order valence-electron chi connectivity index (χ4n) is 1.47. The Hall–Kier alpha value is -1.51. The summed E-state index contributed by atoms with van der Waals surface area (Å²) in [4.78, 5) is 12.1. The summed E-state index contributed by atoms with van der Waals surface area (Å²) < 4.78 is 0. The molecule has 0 heterocycles. The molecule has 2 N–H and O–H groups in total. The molecule has 86 valence electrons. The minimum absolute atomic E-state index is 0.147. The predicted octanol–water partition coefficient (Wildman–Crippen LogP) is 3.81. The minimum Gasteiger partial charge on any atom is -0.399 e. The molecule has 0 radical (unpaired) electrons. The Morgan fingerprint density at radius 1 is 1.00 bits per heavy atom. The van der Waals surface area contributed by atoms with Gasteiger partial charge in [-0.15, -0.1) is 0 Å². The summed E-state index contributed by atoms with van der Waals surface area (Å²) in [5.74, 6) is -0.147. The van der Waals surface area contributed by atoms with E-state index >= 15 is 0 Å². The van der Waals surface area contributed by atoms with Crippen molar-refractivity contribution < 1.29 is 4.79 Å². The van der Waals surface area contributed by atoms with Gasteiger partial charge in [0.25, 0.3) is 0 Å². The number of nitrogen functional groups attached to an aromatic ring is 1. The highest BCUT2D eigenvalue weighted by Gasteiger charge is 2.12. The molecule has 0 saturated heterocycles. The number of halogens is 2. The van der Waals surface area contributed by atoms with Crippen LogP contribution < -0.4 is 5.73 Å². The first-order valence-electron chi connectivity index (χ1n) is 4.93. The Labute approximate surface area is 109 Å². The number of hydrogen-bond donors (Lipinski definition) is 1. The molecular formula is C13H9Cl2NO. The van der Waals surface area contributed by atoms with Crippen LogP contribution in [-0.2, 0) is 0 Å². The summed E-state index contributed by atoms with van der Waals surface area (Å²) in [5, 5.41) is 0.940. The standard InChI is InChI=1S/C13H9Cl2NO/c14-9-3-1-8(2-4-9)13(17)11-6-5-10(16)7-12(11)15/h1-7H,16H2. The molecule has 2 rings (SSSR count). The van der Waals surface area contributed by atoms with Gasteiger partial charge in [0.2, 0.25) is 0 Å². The quantitative estimate of drug-likeness (QED) is 0.663. The van der Waals surface area contributed by atoms with Crippen LogP contribution in [0.3, 0.4) is 0 Å². The fraction of sp³-hybridized carbons (Fsp3) is 0. The van der Waals surface area contributed by atoms with Crippen LogP contribution in [0.15, 0.2) is 42.5 Å². The van der Waals surface area contributed by atoms with E-state index in [-0.39, 0.29) is 5.78 Å². The maximum Gasteiger partial charge on any atom is 0.194 e. The summed E-state index contributed by atoms with van der Waals surface area (Å²) >= 11 is 11.7. The highest BCUT2D eigenvalue weighted by atomic mass is 35.5. The molecular weight excluding hydrogens is 257 g/mol. The Bertz CT molecular complexity index is 564. The molecule has 0 fully saturated rings. The van der Waals surface area contributed by atoms with Crippen LogP contribution in [0.5, 0.6) is 0 Å². The molecule has 0 aliphatic heterocycles. The Morgan fingerprint density at radius 3 is 2.24 bits per heavy atom. The molecule has 0 aliphatic carbocycles. The van der Waals surface area contributed by atoms with Gasteiger partial charge in [-0.25, -0.2) is 0 Å². The van der Waals surface area contributed by atoms with E-state index in [1.807, 2.05) is 0 Å². The molecule has 0 unspecified atom stereocenters. The van der Waals surface area contributed by atoms with Gasteiger partial charge in [0.15, 0.2) is 5.78 Å². The first kappa shape index (κ1) is 12.0. The van der Waals surface area contributed by atoms with Crippen molar-refractivity contribution in [2.45, 2.75) is 0 Å². The molecule has 17 heavy (non-hydrogen) atoms. The fourth-order valence-corrected chi connectivity index (χ4v) is 1.87. The van der Waals surface area contributed by atoms with Crippen molar-refractivity contribution in [2.75, 3.05) is 5.73 Å². The zero-order valence-corrected chi connectivity index (χ0v) is 10.3. The van der Waals surface area contributed by atoms with Crippen LogP contribution in [0.25, 0.3) is 0 Å². The lowest BCUT2D eigenvalue weighted by molar-refractivity contribution is 0.103. The van der Waals surface area contributed by atoms with E-state index in [4.69, 9.17) is 28.9 Å². The summed E-state index contributed by atoms with van der Waals surface area (Å²) in [6.45, 7) is 0. The number of nitrogens with two attached hydrogens (primary N) is 1. The molecule has 0 atom stereocenters. The maximum absolute atomic E-state index is 12.1. The zero-order valence-electron chi connectivity index (χ0n) is 8.78. The lowest BCUT2D eigenvalue weighted by atomic mass is 10.0. The lowest BCUT2D eigenvalue weighted by Gasteiger charge is -2.04. The van der Waals surface area contributed by atoms with Crippen LogP contribution in [-0.4, -0.2) is 5.78 Å². The first-order chi connectivity index (χ1) is 8.08. The molecule has 0 aromatic heterocycles. The lowest BCUT2D eigenvalue weighted by Crippen LogP contribution is -2.02. The third kappa shape index (κ3) is 2.60. The van der Waals surface area contributed by atoms with Gasteiger partial charge in [-0.2, -0.15) is 0 Å². The van der Waals surface area contributed by atoms with E-state index < -0.39 is 0 Å². The van der Waals surface area contributed by atoms with Crippen LogP contribution in [0.1, 0.15) is 15.9 Å². The van der Waals surface area contributed by atoms with Crippen LogP contribution >= 0.6 is 23.2 Å². The van der Waals surface area contributed by atoms with Gasteiger partial charge in [0.1, 0.15) is 0 Å². The molecule has 0 aliphatic rings. The smallest absolute Gasteiger partial charge is 0.194 e. The summed E-state index contributed by atoms with van der Waals surface area (Å²) in [5.41, 5.74) is 7.08. The number of rotatable bonds is 2. The SMILES string of the molecule is Nc1ccc(C(=O)c2ccc(Cl)cc2)c(Cl)c1. The van der Waals surface area contributed by atoms with Crippen molar-refractivity contribution in [2.24, 2.45) is 0 Å². The normalized spacial score (nSPS) is 10.2. The van der Waals surface area contributed by atoms with Crippen molar-refractivity contribution in [3.63, 3.8) is 0 Å². The second-order valence-electron chi connectivity index (χ2n) is 3.58. The highest BCUT2D eigenvalue weighted by molar-refractivity contribution is 6.35. The third-order valence-corrected chi connectivity index (χ3v) is 2.91. The van der Waals surface area contributed by atoms with Crippen molar-refractivity contribution >= 4 is 34.7 Å². The topological polar surface area (TPSA) is 43.1 Å². The number of anilines is 1. The van der Waals surface area contributed by atoms with E-state index in [1.165, 1.54) is 0 Å². The molecule has 0 amide bonds. The number of hydrogen-bond acceptors (Lipinski definition) is 2. The van der Waals surface area contributed by atoms with Gasteiger partial charge in [0.05, 0.1) is 5.02 Å². The number of ketones is 1. The number of carbonyl (C=O) groups is 1. The molecule has 2 nitrogen and oxygen atoms in total. The predicted molar refractivity (Wildman–Crippen MR) is 70.7 cm³/mol. The second kappa shape index (κ2) is 4.78. The van der Waals surface area contributed by atoms with E-state index in [0.717, 1.165) is 0 Å². The molecule has 2 aromatic rings. The zero-order chi connectivity index (χ0) is 12.4. The van der Waals surface area contributed by atoms with E-state index in [0.29, 0.717) is 26.9 Å². The second-order valence-corrected chi connectivity index (χ2v) is 4.42. The highest BCUT2D eigenvalue weighted by Crippen LogP contribution is 2.22. The van der Waals surface area contributed by atoms with Gasteiger partial charge in [-0.3, -0.25) is 4.79 Å². The van der Waals surface area contributed by atoms with E-state index in [1.54, 1.807) is 42.5 Å². The third-order valence-electron chi connectivity index (χ3n) is 2.34. The van der Waals surface area contributed by atoms with E-state index in [2.05, 4.69) is 0 Å². The molecule has 0 bridgehead atoms. The van der Waals surface area contributed by atoms with Crippen molar-refractivity contribution in [1.29, 1.82) is 0 Å². The summed E-state index contributed by atoms with van der Waals surface area (Å²) in [6, 6.07) is 11.5. The molecule has 0 saturated carbocycles. The van der Waals surface area contributed by atoms with Gasteiger partial charge in [-0.05, 0) is 42.5 Å². The number of carbonyl (C=O) groups excluding carboxylic acids is 1. The molecule has 4 heteroatoms. The van der Waals surface area contributed by atoms with Crippen LogP contribution in [0.4, 0.5) is 5.69 Å². The average Bonchev–Trinajstić information content (AvgIpc) is 2.29. The number of benzene rings is 2. The van der Waals surface area contributed by atoms with Crippen molar-refractivity contribution in [1.82, 2.24) is 0 Å². The average molecular weight is 266 g/mol. The van der Waals surface area contributed by atoms with Crippen LogP contribution in [0, 0.1) is 0 Å². The van der Waals surface area contributed by atoms with E-state index in [9.17, 15) is 4.79 Å². The van der Waals surface area contributed by atoms with Crippen molar-refractivity contribution in [3.05, 3.63) is 63.6 Å².